The standard InChI is InChI=1S/C22H23N9O2/c23-20(32)17-14-26-30(15-17)19-7-8-24-21(27-19)28-10-12-29(13-11-28)22(33)31-18(6-9-25-31)16-4-2-1-3-5-16/h1-5,7-9,14-15,18H,6,10-13H2,(H2,23,32)/t18-/m0/s1. The number of anilines is 1. The maximum absolute atomic E-state index is 13.2. The quantitative estimate of drug-likeness (QED) is 0.648. The molecule has 168 valence electrons. The molecule has 0 saturated carbocycles. The molecular weight excluding hydrogens is 422 g/mol. The summed E-state index contributed by atoms with van der Waals surface area (Å²) < 4.78 is 1.49. The van der Waals surface area contributed by atoms with E-state index in [1.165, 1.54) is 17.1 Å². The zero-order valence-corrected chi connectivity index (χ0v) is 17.9. The minimum Gasteiger partial charge on any atom is -0.366 e. The van der Waals surface area contributed by atoms with Gasteiger partial charge >= 0.3 is 6.03 Å². The Labute approximate surface area is 190 Å². The third-order valence-corrected chi connectivity index (χ3v) is 5.77. The number of urea groups is 1. The van der Waals surface area contributed by atoms with Crippen molar-refractivity contribution in [2.75, 3.05) is 31.1 Å². The van der Waals surface area contributed by atoms with Gasteiger partial charge in [0.1, 0.15) is 0 Å². The number of carbonyl (C=O) groups is 2. The molecular formula is C22H23N9O2. The van der Waals surface area contributed by atoms with Crippen molar-refractivity contribution in [3.05, 3.63) is 66.1 Å². The first kappa shape index (κ1) is 20.6. The lowest BCUT2D eigenvalue weighted by molar-refractivity contribution is 0.1000. The van der Waals surface area contributed by atoms with Gasteiger partial charge in [-0.2, -0.15) is 15.2 Å². The molecule has 0 aliphatic carbocycles. The number of hydrogen-bond acceptors (Lipinski definition) is 7. The summed E-state index contributed by atoms with van der Waals surface area (Å²) in [5, 5.41) is 10.1. The van der Waals surface area contributed by atoms with Gasteiger partial charge in [0.05, 0.1) is 17.8 Å². The van der Waals surface area contributed by atoms with Gasteiger partial charge in [0, 0.05) is 57.3 Å². The highest BCUT2D eigenvalue weighted by Crippen LogP contribution is 2.29. The van der Waals surface area contributed by atoms with Crippen LogP contribution in [0.1, 0.15) is 28.4 Å². The molecule has 11 nitrogen and oxygen atoms in total. The number of rotatable bonds is 4. The molecule has 33 heavy (non-hydrogen) atoms. The van der Waals surface area contributed by atoms with Gasteiger partial charge in [-0.3, -0.25) is 4.79 Å². The van der Waals surface area contributed by atoms with Crippen molar-refractivity contribution in [3.63, 3.8) is 0 Å². The molecule has 0 bridgehead atoms. The lowest BCUT2D eigenvalue weighted by Gasteiger charge is -2.37. The summed E-state index contributed by atoms with van der Waals surface area (Å²) in [6, 6.07) is 11.5. The Morgan fingerprint density at radius 3 is 2.55 bits per heavy atom. The normalized spacial score (nSPS) is 18.1. The molecule has 0 spiro atoms. The predicted octanol–water partition coefficient (Wildman–Crippen LogP) is 1.44. The average Bonchev–Trinajstić information content (AvgIpc) is 3.55. The molecule has 2 aliphatic rings. The molecule has 5 rings (SSSR count). The minimum atomic E-state index is -0.548. The van der Waals surface area contributed by atoms with Gasteiger partial charge in [0.25, 0.3) is 5.91 Å². The summed E-state index contributed by atoms with van der Waals surface area (Å²) in [7, 11) is 0. The zero-order valence-electron chi connectivity index (χ0n) is 17.9. The molecule has 11 heteroatoms. The Hall–Kier alpha value is -4.28. The van der Waals surface area contributed by atoms with Crippen molar-refractivity contribution in [1.29, 1.82) is 0 Å². The molecule has 1 saturated heterocycles. The maximum atomic E-state index is 13.2. The van der Waals surface area contributed by atoms with E-state index < -0.39 is 5.91 Å². The molecule has 0 unspecified atom stereocenters. The van der Waals surface area contributed by atoms with Crippen LogP contribution in [-0.4, -0.2) is 74.0 Å². The number of primary amides is 1. The highest BCUT2D eigenvalue weighted by molar-refractivity contribution is 5.92. The van der Waals surface area contributed by atoms with Gasteiger partial charge in [0.15, 0.2) is 5.82 Å². The number of aromatic nitrogens is 4. The molecule has 2 aliphatic heterocycles. The molecule has 3 amide bonds. The Morgan fingerprint density at radius 2 is 1.82 bits per heavy atom. The summed E-state index contributed by atoms with van der Waals surface area (Å²) in [5.41, 5.74) is 6.68. The molecule has 0 radical (unpaired) electrons. The summed E-state index contributed by atoms with van der Waals surface area (Å²) >= 11 is 0. The van der Waals surface area contributed by atoms with Crippen LogP contribution < -0.4 is 10.6 Å². The van der Waals surface area contributed by atoms with Gasteiger partial charge in [0.2, 0.25) is 5.95 Å². The highest BCUT2D eigenvalue weighted by atomic mass is 16.2. The van der Waals surface area contributed by atoms with Gasteiger partial charge in [-0.1, -0.05) is 30.3 Å². The Bertz CT molecular complexity index is 1190. The fourth-order valence-corrected chi connectivity index (χ4v) is 3.99. The molecule has 1 fully saturated rings. The average molecular weight is 445 g/mol. The van der Waals surface area contributed by atoms with E-state index in [9.17, 15) is 9.59 Å². The predicted molar refractivity (Wildman–Crippen MR) is 121 cm³/mol. The monoisotopic (exact) mass is 445 g/mol. The minimum absolute atomic E-state index is 0.0730. The van der Waals surface area contributed by atoms with E-state index in [2.05, 4.69) is 20.2 Å². The number of nitrogens with two attached hydrogens (primary N) is 1. The number of nitrogens with zero attached hydrogens (tertiary/aromatic N) is 8. The molecule has 2 N–H and O–H groups in total. The second-order valence-electron chi connectivity index (χ2n) is 7.81. The van der Waals surface area contributed by atoms with Crippen molar-refractivity contribution < 1.29 is 9.59 Å². The van der Waals surface area contributed by atoms with E-state index in [1.807, 2.05) is 40.1 Å². The van der Waals surface area contributed by atoms with Crippen molar-refractivity contribution in [2.24, 2.45) is 10.8 Å². The van der Waals surface area contributed by atoms with Crippen molar-refractivity contribution in [3.8, 4) is 5.82 Å². The summed E-state index contributed by atoms with van der Waals surface area (Å²) in [5.74, 6) is 0.522. The smallest absolute Gasteiger partial charge is 0.341 e. The van der Waals surface area contributed by atoms with Gasteiger partial charge in [-0.15, -0.1) is 0 Å². The lowest BCUT2D eigenvalue weighted by Crippen LogP contribution is -2.52. The lowest BCUT2D eigenvalue weighted by atomic mass is 10.1. The van der Waals surface area contributed by atoms with Crippen LogP contribution in [0.3, 0.4) is 0 Å². The zero-order chi connectivity index (χ0) is 22.8. The largest absolute Gasteiger partial charge is 0.366 e. The van der Waals surface area contributed by atoms with Crippen LogP contribution in [0.25, 0.3) is 5.82 Å². The third kappa shape index (κ3) is 4.12. The second-order valence-corrected chi connectivity index (χ2v) is 7.81. The van der Waals surface area contributed by atoms with E-state index >= 15 is 0 Å². The van der Waals surface area contributed by atoms with Crippen LogP contribution >= 0.6 is 0 Å². The molecule has 2 aromatic heterocycles. The summed E-state index contributed by atoms with van der Waals surface area (Å²) in [4.78, 5) is 37.3. The number of benzene rings is 1. The van der Waals surface area contributed by atoms with Gasteiger partial charge < -0.3 is 15.5 Å². The van der Waals surface area contributed by atoms with Crippen LogP contribution in [0.4, 0.5) is 10.7 Å². The molecule has 1 aromatic carbocycles. The third-order valence-electron chi connectivity index (χ3n) is 5.77. The highest BCUT2D eigenvalue weighted by Gasteiger charge is 2.33. The van der Waals surface area contributed by atoms with Crippen LogP contribution in [0.15, 0.2) is 60.1 Å². The SMILES string of the molecule is NC(=O)c1cnn(-c2ccnc(N3CCN(C(=O)N4N=CC[C@H]4c4ccccc4)CC3)n2)c1. The Morgan fingerprint density at radius 1 is 1.03 bits per heavy atom. The van der Waals surface area contributed by atoms with Gasteiger partial charge in [-0.25, -0.2) is 19.5 Å². The Balaban J connectivity index is 1.24. The fraction of sp³-hybridized carbons (Fsp3) is 0.273. The molecule has 1 atom stereocenters. The number of hydrogen-bond donors (Lipinski definition) is 1. The topological polar surface area (TPSA) is 126 Å². The van der Waals surface area contributed by atoms with E-state index in [1.54, 1.807) is 23.5 Å². The number of hydrazone groups is 1. The molecule has 4 heterocycles. The van der Waals surface area contributed by atoms with Crippen LogP contribution in [0.2, 0.25) is 0 Å². The van der Waals surface area contributed by atoms with E-state index in [0.29, 0.717) is 49.9 Å². The van der Waals surface area contributed by atoms with Crippen LogP contribution in [-0.2, 0) is 0 Å². The second kappa shape index (κ2) is 8.69. The van der Waals surface area contributed by atoms with Gasteiger partial charge in [-0.05, 0) is 5.56 Å². The van der Waals surface area contributed by atoms with E-state index in [-0.39, 0.29) is 12.1 Å². The van der Waals surface area contributed by atoms with Crippen molar-refractivity contribution in [2.45, 2.75) is 12.5 Å². The maximum Gasteiger partial charge on any atom is 0.341 e. The Kier molecular flexibility index (Phi) is 5.43. The van der Waals surface area contributed by atoms with E-state index in [0.717, 1.165) is 5.56 Å². The van der Waals surface area contributed by atoms with Crippen molar-refractivity contribution in [1.82, 2.24) is 29.7 Å². The van der Waals surface area contributed by atoms with Crippen molar-refractivity contribution >= 4 is 24.1 Å². The first-order chi connectivity index (χ1) is 16.1. The fourth-order valence-electron chi connectivity index (χ4n) is 3.99. The van der Waals surface area contributed by atoms with E-state index in [4.69, 9.17) is 5.73 Å². The first-order valence-corrected chi connectivity index (χ1v) is 10.7. The first-order valence-electron chi connectivity index (χ1n) is 10.7. The number of amides is 3. The summed E-state index contributed by atoms with van der Waals surface area (Å²) in [6.07, 6.45) is 7.08. The molecule has 3 aromatic rings. The summed E-state index contributed by atoms with van der Waals surface area (Å²) in [6.45, 7) is 2.25. The van der Waals surface area contributed by atoms with Crippen LogP contribution in [0, 0.1) is 0 Å². The number of piperazine rings is 1. The van der Waals surface area contributed by atoms with Crippen LogP contribution in [0.5, 0.6) is 0 Å². The number of carbonyl (C=O) groups excluding carboxylic acids is 2.